The molecule has 0 aliphatic rings. The zero-order chi connectivity index (χ0) is 21.5. The molecule has 8 heteroatoms. The zero-order valence-corrected chi connectivity index (χ0v) is 17.5. The Balaban J connectivity index is 1.55. The summed E-state index contributed by atoms with van der Waals surface area (Å²) in [7, 11) is 1.51. The molecule has 0 bridgehead atoms. The molecule has 3 aromatic rings. The largest absolute Gasteiger partial charge is 0.495 e. The predicted molar refractivity (Wildman–Crippen MR) is 118 cm³/mol. The van der Waals surface area contributed by atoms with Gasteiger partial charge in [0.1, 0.15) is 11.6 Å². The number of anilines is 2. The highest BCUT2D eigenvalue weighted by Crippen LogP contribution is 2.28. The first kappa shape index (κ1) is 21.7. The van der Waals surface area contributed by atoms with Crippen LogP contribution in [-0.4, -0.2) is 24.7 Å². The Hall–Kier alpha value is -3.03. The number of hydrogen-bond acceptors (Lipinski definition) is 4. The average molecular weight is 445 g/mol. The van der Waals surface area contributed by atoms with Crippen molar-refractivity contribution in [3.63, 3.8) is 0 Å². The fourth-order valence-corrected chi connectivity index (χ4v) is 3.46. The number of carbonyl (C=O) groups is 2. The van der Waals surface area contributed by atoms with Gasteiger partial charge in [-0.3, -0.25) is 9.59 Å². The van der Waals surface area contributed by atoms with Crippen molar-refractivity contribution in [1.29, 1.82) is 0 Å². The van der Waals surface area contributed by atoms with Crippen LogP contribution in [0.1, 0.15) is 10.4 Å². The zero-order valence-electron chi connectivity index (χ0n) is 15.9. The lowest BCUT2D eigenvalue weighted by Gasteiger charge is -2.10. The highest BCUT2D eigenvalue weighted by atomic mass is 35.5. The van der Waals surface area contributed by atoms with E-state index in [4.69, 9.17) is 16.3 Å². The summed E-state index contributed by atoms with van der Waals surface area (Å²) >= 11 is 7.30. The Morgan fingerprint density at radius 2 is 1.77 bits per heavy atom. The van der Waals surface area contributed by atoms with Gasteiger partial charge in [-0.2, -0.15) is 0 Å². The second-order valence-electron chi connectivity index (χ2n) is 6.14. The summed E-state index contributed by atoms with van der Waals surface area (Å²) < 4.78 is 18.9. The third-order valence-electron chi connectivity index (χ3n) is 4.04. The molecule has 0 heterocycles. The van der Waals surface area contributed by atoms with E-state index in [-0.39, 0.29) is 17.2 Å². The van der Waals surface area contributed by atoms with Gasteiger partial charge in [-0.15, -0.1) is 11.8 Å². The summed E-state index contributed by atoms with van der Waals surface area (Å²) in [6, 6.07) is 17.7. The molecule has 30 heavy (non-hydrogen) atoms. The molecule has 0 radical (unpaired) electrons. The molecule has 0 saturated carbocycles. The number of hydrogen-bond donors (Lipinski definition) is 2. The molecule has 5 nitrogen and oxygen atoms in total. The van der Waals surface area contributed by atoms with Gasteiger partial charge in [-0.25, -0.2) is 4.39 Å². The van der Waals surface area contributed by atoms with Crippen molar-refractivity contribution in [2.24, 2.45) is 0 Å². The minimum Gasteiger partial charge on any atom is -0.495 e. The minimum absolute atomic E-state index is 0.0240. The van der Waals surface area contributed by atoms with Crippen LogP contribution in [0.4, 0.5) is 15.8 Å². The molecule has 3 rings (SSSR count). The van der Waals surface area contributed by atoms with Crippen LogP contribution in [0.2, 0.25) is 5.02 Å². The van der Waals surface area contributed by atoms with Crippen molar-refractivity contribution in [1.82, 2.24) is 0 Å². The number of benzene rings is 3. The second kappa shape index (κ2) is 10.1. The Labute approximate surface area is 182 Å². The van der Waals surface area contributed by atoms with E-state index in [0.29, 0.717) is 22.1 Å². The van der Waals surface area contributed by atoms with E-state index in [2.05, 4.69) is 10.6 Å². The summed E-state index contributed by atoms with van der Waals surface area (Å²) in [5, 5.41) is 5.91. The van der Waals surface area contributed by atoms with Gasteiger partial charge >= 0.3 is 0 Å². The van der Waals surface area contributed by atoms with Gasteiger partial charge in [-0.1, -0.05) is 23.7 Å². The number of methoxy groups -OCH3 is 1. The van der Waals surface area contributed by atoms with Crippen LogP contribution >= 0.6 is 23.4 Å². The summed E-state index contributed by atoms with van der Waals surface area (Å²) in [6.07, 6.45) is 0. The Kier molecular flexibility index (Phi) is 7.32. The summed E-state index contributed by atoms with van der Waals surface area (Å²) in [5.74, 6) is -0.616. The SMILES string of the molecule is COc1ccc(Cl)cc1NC(=O)CSc1ccc(NC(=O)c2ccccc2F)cc1. The van der Waals surface area contributed by atoms with Gasteiger partial charge in [0.2, 0.25) is 5.91 Å². The number of nitrogens with one attached hydrogen (secondary N) is 2. The van der Waals surface area contributed by atoms with Crippen molar-refractivity contribution < 1.29 is 18.7 Å². The smallest absolute Gasteiger partial charge is 0.258 e. The quantitative estimate of drug-likeness (QED) is 0.474. The molecular formula is C22H18ClFN2O3S. The molecule has 2 N–H and O–H groups in total. The van der Waals surface area contributed by atoms with E-state index in [9.17, 15) is 14.0 Å². The van der Waals surface area contributed by atoms with Gasteiger partial charge < -0.3 is 15.4 Å². The van der Waals surface area contributed by atoms with E-state index in [1.54, 1.807) is 48.5 Å². The third kappa shape index (κ3) is 5.75. The van der Waals surface area contributed by atoms with Crippen LogP contribution in [0.25, 0.3) is 0 Å². The van der Waals surface area contributed by atoms with Crippen LogP contribution in [-0.2, 0) is 4.79 Å². The van der Waals surface area contributed by atoms with Crippen LogP contribution in [0, 0.1) is 5.82 Å². The van der Waals surface area contributed by atoms with E-state index < -0.39 is 11.7 Å². The topological polar surface area (TPSA) is 67.4 Å². The highest BCUT2D eigenvalue weighted by Gasteiger charge is 2.12. The number of carbonyl (C=O) groups excluding carboxylic acids is 2. The number of amides is 2. The lowest BCUT2D eigenvalue weighted by atomic mass is 10.2. The first-order valence-corrected chi connectivity index (χ1v) is 10.2. The molecule has 0 aromatic heterocycles. The van der Waals surface area contributed by atoms with Crippen LogP contribution in [0.5, 0.6) is 5.75 Å². The van der Waals surface area contributed by atoms with Crippen LogP contribution in [0.3, 0.4) is 0 Å². The molecule has 0 unspecified atom stereocenters. The first-order valence-electron chi connectivity index (χ1n) is 8.88. The highest BCUT2D eigenvalue weighted by molar-refractivity contribution is 8.00. The fraction of sp³-hybridized carbons (Fsp3) is 0.0909. The number of rotatable bonds is 7. The fourth-order valence-electron chi connectivity index (χ4n) is 2.59. The molecule has 0 fully saturated rings. The maximum atomic E-state index is 13.7. The maximum Gasteiger partial charge on any atom is 0.258 e. The lowest BCUT2D eigenvalue weighted by Crippen LogP contribution is -2.14. The summed E-state index contributed by atoms with van der Waals surface area (Å²) in [4.78, 5) is 25.2. The van der Waals surface area contributed by atoms with Crippen molar-refractivity contribution >= 4 is 46.6 Å². The van der Waals surface area contributed by atoms with Gasteiger partial charge in [0.05, 0.1) is 24.1 Å². The Bertz CT molecular complexity index is 1060. The van der Waals surface area contributed by atoms with Crippen molar-refractivity contribution in [3.05, 3.63) is 83.1 Å². The standard InChI is InChI=1S/C22H18ClFN2O3S/c1-29-20-11-6-14(23)12-19(20)26-21(27)13-30-16-9-7-15(8-10-16)25-22(28)17-4-2-3-5-18(17)24/h2-12H,13H2,1H3,(H,25,28)(H,26,27). The van der Waals surface area contributed by atoms with Gasteiger partial charge in [0.25, 0.3) is 5.91 Å². The van der Waals surface area contributed by atoms with Gasteiger partial charge in [-0.05, 0) is 54.6 Å². The van der Waals surface area contributed by atoms with Gasteiger partial charge in [0.15, 0.2) is 0 Å². The monoisotopic (exact) mass is 444 g/mol. The molecule has 0 atom stereocenters. The Morgan fingerprint density at radius 1 is 1.03 bits per heavy atom. The van der Waals surface area contributed by atoms with Crippen molar-refractivity contribution in [3.8, 4) is 5.75 Å². The van der Waals surface area contributed by atoms with E-state index in [0.717, 1.165) is 4.90 Å². The van der Waals surface area contributed by atoms with Crippen LogP contribution in [0.15, 0.2) is 71.6 Å². The molecule has 3 aromatic carbocycles. The molecule has 0 aliphatic heterocycles. The number of halogens is 2. The second-order valence-corrected chi connectivity index (χ2v) is 7.62. The number of ether oxygens (including phenoxy) is 1. The summed E-state index contributed by atoms with van der Waals surface area (Å²) in [6.45, 7) is 0. The van der Waals surface area contributed by atoms with Crippen LogP contribution < -0.4 is 15.4 Å². The van der Waals surface area contributed by atoms with Gasteiger partial charge in [0, 0.05) is 15.6 Å². The number of thioether (sulfide) groups is 1. The van der Waals surface area contributed by atoms with E-state index >= 15 is 0 Å². The molecular weight excluding hydrogens is 427 g/mol. The Morgan fingerprint density at radius 3 is 2.47 bits per heavy atom. The normalized spacial score (nSPS) is 10.4. The lowest BCUT2D eigenvalue weighted by molar-refractivity contribution is -0.113. The maximum absolute atomic E-state index is 13.7. The summed E-state index contributed by atoms with van der Waals surface area (Å²) in [5.41, 5.74) is 1.01. The average Bonchev–Trinajstić information content (AvgIpc) is 2.74. The molecule has 0 saturated heterocycles. The van der Waals surface area contributed by atoms with E-state index in [1.807, 2.05) is 0 Å². The molecule has 0 spiro atoms. The minimum atomic E-state index is -0.579. The molecule has 0 aliphatic carbocycles. The van der Waals surface area contributed by atoms with Crippen molar-refractivity contribution in [2.75, 3.05) is 23.5 Å². The molecule has 154 valence electrons. The predicted octanol–water partition coefficient (Wildman–Crippen LogP) is 5.47. The first-order chi connectivity index (χ1) is 14.5. The third-order valence-corrected chi connectivity index (χ3v) is 5.28. The van der Waals surface area contributed by atoms with E-state index in [1.165, 1.54) is 37.1 Å². The van der Waals surface area contributed by atoms with Crippen molar-refractivity contribution in [2.45, 2.75) is 4.90 Å². The molecule has 2 amide bonds.